The molecule has 3 aromatic rings. The SMILES string of the molecule is COC(=O)[C@H](Cc1ccc(-n2ccnc2)cc1)N1C(=O)c2ccccc2C1=O. The van der Waals surface area contributed by atoms with Gasteiger partial charge >= 0.3 is 5.97 Å². The van der Waals surface area contributed by atoms with E-state index in [2.05, 4.69) is 4.98 Å². The maximum atomic E-state index is 12.8. The molecule has 0 saturated carbocycles. The molecular weight excluding hydrogens is 358 g/mol. The lowest BCUT2D eigenvalue weighted by molar-refractivity contribution is -0.145. The molecule has 0 unspecified atom stereocenters. The van der Waals surface area contributed by atoms with Crippen molar-refractivity contribution >= 4 is 17.8 Å². The molecule has 2 aromatic carbocycles. The van der Waals surface area contributed by atoms with E-state index in [1.165, 1.54) is 7.11 Å². The number of amides is 2. The molecule has 0 fully saturated rings. The number of ether oxygens (including phenoxy) is 1. The summed E-state index contributed by atoms with van der Waals surface area (Å²) in [6.07, 6.45) is 5.36. The van der Waals surface area contributed by atoms with Crippen LogP contribution in [0.2, 0.25) is 0 Å². The van der Waals surface area contributed by atoms with E-state index in [0.717, 1.165) is 16.2 Å². The molecule has 1 aromatic heterocycles. The van der Waals surface area contributed by atoms with Crippen molar-refractivity contribution in [2.24, 2.45) is 0 Å². The smallest absolute Gasteiger partial charge is 0.329 e. The van der Waals surface area contributed by atoms with E-state index >= 15 is 0 Å². The van der Waals surface area contributed by atoms with Crippen molar-refractivity contribution in [2.45, 2.75) is 12.5 Å². The molecule has 7 nitrogen and oxygen atoms in total. The predicted octanol–water partition coefficient (Wildman–Crippen LogP) is 2.25. The third kappa shape index (κ3) is 2.96. The molecule has 0 aliphatic carbocycles. The number of carbonyl (C=O) groups is 3. The van der Waals surface area contributed by atoms with Gasteiger partial charge in [-0.25, -0.2) is 9.78 Å². The van der Waals surface area contributed by atoms with Crippen LogP contribution in [0.25, 0.3) is 5.69 Å². The van der Waals surface area contributed by atoms with Gasteiger partial charge in [-0.05, 0) is 29.8 Å². The maximum absolute atomic E-state index is 12.8. The highest BCUT2D eigenvalue weighted by Crippen LogP contribution is 2.26. The second-order valence-electron chi connectivity index (χ2n) is 6.41. The van der Waals surface area contributed by atoms with Crippen LogP contribution < -0.4 is 0 Å². The molecule has 1 aliphatic heterocycles. The fourth-order valence-corrected chi connectivity index (χ4v) is 3.35. The van der Waals surface area contributed by atoms with Gasteiger partial charge in [-0.15, -0.1) is 0 Å². The van der Waals surface area contributed by atoms with E-state index in [4.69, 9.17) is 4.74 Å². The van der Waals surface area contributed by atoms with Crippen LogP contribution in [0.5, 0.6) is 0 Å². The minimum absolute atomic E-state index is 0.169. The summed E-state index contributed by atoms with van der Waals surface area (Å²) in [6.45, 7) is 0. The van der Waals surface area contributed by atoms with Crippen molar-refractivity contribution in [2.75, 3.05) is 7.11 Å². The molecule has 28 heavy (non-hydrogen) atoms. The van der Waals surface area contributed by atoms with Gasteiger partial charge in [-0.2, -0.15) is 0 Å². The molecule has 1 aliphatic rings. The third-order valence-electron chi connectivity index (χ3n) is 4.78. The number of methoxy groups -OCH3 is 1. The quantitative estimate of drug-likeness (QED) is 0.505. The number of nitrogens with zero attached hydrogens (tertiary/aromatic N) is 3. The number of carbonyl (C=O) groups excluding carboxylic acids is 3. The average molecular weight is 375 g/mol. The predicted molar refractivity (Wildman–Crippen MR) is 100 cm³/mol. The van der Waals surface area contributed by atoms with E-state index in [0.29, 0.717) is 11.1 Å². The van der Waals surface area contributed by atoms with E-state index in [-0.39, 0.29) is 6.42 Å². The van der Waals surface area contributed by atoms with Gasteiger partial charge in [-0.1, -0.05) is 24.3 Å². The number of esters is 1. The molecular formula is C21H17N3O4. The summed E-state index contributed by atoms with van der Waals surface area (Å²) in [7, 11) is 1.25. The van der Waals surface area contributed by atoms with Crippen molar-refractivity contribution in [3.8, 4) is 5.69 Å². The van der Waals surface area contributed by atoms with Gasteiger partial charge in [0.25, 0.3) is 11.8 Å². The van der Waals surface area contributed by atoms with Crippen LogP contribution in [0.4, 0.5) is 0 Å². The minimum Gasteiger partial charge on any atom is -0.467 e. The Kier molecular flexibility index (Phi) is 4.49. The second kappa shape index (κ2) is 7.11. The van der Waals surface area contributed by atoms with Gasteiger partial charge in [0.2, 0.25) is 0 Å². The molecule has 0 radical (unpaired) electrons. The Morgan fingerprint density at radius 1 is 1.04 bits per heavy atom. The van der Waals surface area contributed by atoms with Gasteiger partial charge in [0.15, 0.2) is 0 Å². The third-order valence-corrected chi connectivity index (χ3v) is 4.78. The number of benzene rings is 2. The number of hydrogen-bond acceptors (Lipinski definition) is 5. The molecule has 2 amide bonds. The second-order valence-corrected chi connectivity index (χ2v) is 6.41. The zero-order chi connectivity index (χ0) is 19.7. The molecule has 0 bridgehead atoms. The lowest BCUT2D eigenvalue weighted by Crippen LogP contribution is -2.46. The minimum atomic E-state index is -1.03. The van der Waals surface area contributed by atoms with Crippen molar-refractivity contribution in [3.63, 3.8) is 0 Å². The zero-order valence-electron chi connectivity index (χ0n) is 15.1. The van der Waals surface area contributed by atoms with Crippen LogP contribution >= 0.6 is 0 Å². The fraction of sp³-hybridized carbons (Fsp3) is 0.143. The van der Waals surface area contributed by atoms with E-state index < -0.39 is 23.8 Å². The summed E-state index contributed by atoms with van der Waals surface area (Å²) in [5.74, 6) is -1.59. The van der Waals surface area contributed by atoms with Crippen LogP contribution in [0.3, 0.4) is 0 Å². The average Bonchev–Trinajstić information content (AvgIpc) is 3.35. The molecule has 1 atom stereocenters. The van der Waals surface area contributed by atoms with Gasteiger partial charge in [0.1, 0.15) is 6.04 Å². The Labute approximate surface area is 161 Å². The first-order valence-corrected chi connectivity index (χ1v) is 8.72. The number of rotatable bonds is 5. The topological polar surface area (TPSA) is 81.5 Å². The first-order chi connectivity index (χ1) is 13.6. The highest BCUT2D eigenvalue weighted by molar-refractivity contribution is 6.22. The number of imide groups is 1. The maximum Gasteiger partial charge on any atom is 0.329 e. The largest absolute Gasteiger partial charge is 0.467 e. The highest BCUT2D eigenvalue weighted by atomic mass is 16.5. The fourth-order valence-electron chi connectivity index (χ4n) is 3.35. The number of fused-ring (bicyclic) bond motifs is 1. The number of aromatic nitrogens is 2. The van der Waals surface area contributed by atoms with Crippen LogP contribution in [0, 0.1) is 0 Å². The summed E-state index contributed by atoms with van der Waals surface area (Å²) in [4.78, 5) is 42.9. The molecule has 0 N–H and O–H groups in total. The van der Waals surface area contributed by atoms with Crippen LogP contribution in [0.1, 0.15) is 26.3 Å². The van der Waals surface area contributed by atoms with Gasteiger partial charge < -0.3 is 9.30 Å². The van der Waals surface area contributed by atoms with Crippen molar-refractivity contribution in [1.29, 1.82) is 0 Å². The van der Waals surface area contributed by atoms with Gasteiger partial charge in [0, 0.05) is 24.5 Å². The molecule has 2 heterocycles. The molecule has 7 heteroatoms. The Balaban J connectivity index is 1.62. The Morgan fingerprint density at radius 3 is 2.21 bits per heavy atom. The standard InChI is InChI=1S/C21H17N3O4/c1-28-21(27)18(24-19(25)16-4-2-3-5-17(16)20(24)26)12-14-6-8-15(9-7-14)23-11-10-22-13-23/h2-11,13,18H,12H2,1H3/t18-/m0/s1. The summed E-state index contributed by atoms with van der Waals surface area (Å²) < 4.78 is 6.73. The van der Waals surface area contributed by atoms with Crippen LogP contribution in [0.15, 0.2) is 67.3 Å². The molecule has 0 saturated heterocycles. The zero-order valence-corrected chi connectivity index (χ0v) is 15.1. The van der Waals surface area contributed by atoms with E-state index in [1.54, 1.807) is 36.8 Å². The number of hydrogen-bond donors (Lipinski definition) is 0. The van der Waals surface area contributed by atoms with E-state index in [9.17, 15) is 14.4 Å². The van der Waals surface area contributed by atoms with Crippen molar-refractivity contribution in [3.05, 3.63) is 83.9 Å². The van der Waals surface area contributed by atoms with Crippen molar-refractivity contribution in [1.82, 2.24) is 14.5 Å². The first-order valence-electron chi connectivity index (χ1n) is 8.72. The van der Waals surface area contributed by atoms with Gasteiger partial charge in [-0.3, -0.25) is 14.5 Å². The Morgan fingerprint density at radius 2 is 1.68 bits per heavy atom. The Bertz CT molecular complexity index is 1010. The summed E-state index contributed by atoms with van der Waals surface area (Å²) in [5, 5.41) is 0. The van der Waals surface area contributed by atoms with Gasteiger partial charge in [0.05, 0.1) is 24.6 Å². The number of imidazole rings is 1. The summed E-state index contributed by atoms with van der Waals surface area (Å²) >= 11 is 0. The normalized spacial score (nSPS) is 14.1. The molecule has 4 rings (SSSR count). The summed E-state index contributed by atoms with van der Waals surface area (Å²) in [5.41, 5.74) is 2.32. The van der Waals surface area contributed by atoms with E-state index in [1.807, 2.05) is 35.0 Å². The highest BCUT2D eigenvalue weighted by Gasteiger charge is 2.43. The Hall–Kier alpha value is -3.74. The molecule has 0 spiro atoms. The monoisotopic (exact) mass is 375 g/mol. The summed E-state index contributed by atoms with van der Waals surface area (Å²) in [6, 6.07) is 13.0. The van der Waals surface area contributed by atoms with Crippen LogP contribution in [-0.4, -0.2) is 45.4 Å². The first kappa shape index (κ1) is 17.7. The lowest BCUT2D eigenvalue weighted by atomic mass is 10.0. The van der Waals surface area contributed by atoms with Crippen LogP contribution in [-0.2, 0) is 16.0 Å². The van der Waals surface area contributed by atoms with Crippen molar-refractivity contribution < 1.29 is 19.1 Å². The molecule has 140 valence electrons. The lowest BCUT2D eigenvalue weighted by Gasteiger charge is -2.24.